The molecule has 2 aromatic carbocycles. The fraction of sp³-hybridized carbons (Fsp3) is 0.514. The van der Waals surface area contributed by atoms with Crippen molar-refractivity contribution in [2.75, 3.05) is 53.6 Å². The summed E-state index contributed by atoms with van der Waals surface area (Å²) in [6.07, 6.45) is 10.6. The van der Waals surface area contributed by atoms with E-state index in [0.717, 1.165) is 17.0 Å². The molecule has 1 fully saturated rings. The lowest BCUT2D eigenvalue weighted by atomic mass is 9.77. The van der Waals surface area contributed by atoms with Gasteiger partial charge < -0.3 is 29.6 Å². The minimum atomic E-state index is -0.456. The second kappa shape index (κ2) is 19.7. The summed E-state index contributed by atoms with van der Waals surface area (Å²) in [5, 5.41) is 5.76. The number of hydrogen-bond donors (Lipinski definition) is 2. The molecule has 1 aliphatic carbocycles. The number of unbranched alkanes of at least 4 members (excludes halogenated alkanes) is 2. The van der Waals surface area contributed by atoms with E-state index >= 15 is 0 Å². The number of hydrogen-bond acceptors (Lipinski definition) is 8. The first-order valence-electron chi connectivity index (χ1n) is 16.3. The van der Waals surface area contributed by atoms with Crippen LogP contribution in [0.15, 0.2) is 66.8 Å². The Morgan fingerprint density at radius 2 is 1.27 bits per heavy atom. The average molecular weight is 621 g/mol. The van der Waals surface area contributed by atoms with Gasteiger partial charge in [-0.3, -0.25) is 0 Å². The van der Waals surface area contributed by atoms with Gasteiger partial charge in [-0.2, -0.15) is 0 Å². The highest BCUT2D eigenvalue weighted by Gasteiger charge is 2.22. The first-order chi connectivity index (χ1) is 21.8. The van der Waals surface area contributed by atoms with Gasteiger partial charge in [-0.05, 0) is 80.4 Å². The monoisotopic (exact) mass is 620 g/mol. The molecular formula is C37H52N2O6. The lowest BCUT2D eigenvalue weighted by molar-refractivity contribution is -0.140. The van der Waals surface area contributed by atoms with Gasteiger partial charge >= 0.3 is 11.9 Å². The fourth-order valence-electron chi connectivity index (χ4n) is 5.68. The molecule has 45 heavy (non-hydrogen) atoms. The highest BCUT2D eigenvalue weighted by atomic mass is 16.6. The third kappa shape index (κ3) is 12.4. The number of carbonyl (C=O) groups excluding carboxylic acids is 2. The predicted molar refractivity (Wildman–Crippen MR) is 180 cm³/mol. The summed E-state index contributed by atoms with van der Waals surface area (Å²) in [7, 11) is 3.49. The molecule has 0 amide bonds. The molecule has 0 unspecified atom stereocenters. The first-order valence-corrected chi connectivity index (χ1v) is 16.3. The second-order valence-corrected chi connectivity index (χ2v) is 11.8. The summed E-state index contributed by atoms with van der Waals surface area (Å²) >= 11 is 0. The van der Waals surface area contributed by atoms with Gasteiger partial charge in [-0.15, -0.1) is 0 Å². The second-order valence-electron chi connectivity index (χ2n) is 11.8. The first kappa shape index (κ1) is 35.9. The molecule has 0 heterocycles. The molecule has 0 radical (unpaired) electrons. The molecule has 8 nitrogen and oxygen atoms in total. The van der Waals surface area contributed by atoms with Crippen molar-refractivity contribution in [1.82, 2.24) is 10.6 Å². The molecule has 2 aromatic rings. The molecule has 8 heteroatoms. The summed E-state index contributed by atoms with van der Waals surface area (Å²) in [6, 6.07) is 14.5. The van der Waals surface area contributed by atoms with Crippen LogP contribution in [0.25, 0.3) is 11.1 Å². The maximum atomic E-state index is 12.0. The molecule has 0 saturated heterocycles. The molecule has 0 aromatic heterocycles. The predicted octanol–water partition coefficient (Wildman–Crippen LogP) is 6.60. The third-order valence-electron chi connectivity index (χ3n) is 8.19. The zero-order chi connectivity index (χ0) is 32.4. The number of nitrogens with one attached hydrogen (secondary N) is 2. The van der Waals surface area contributed by atoms with Crippen LogP contribution in [0, 0.1) is 5.92 Å². The van der Waals surface area contributed by atoms with E-state index in [1.165, 1.54) is 56.9 Å². The van der Waals surface area contributed by atoms with E-state index in [1.54, 1.807) is 20.2 Å². The molecular weight excluding hydrogens is 568 g/mol. The van der Waals surface area contributed by atoms with Crippen molar-refractivity contribution < 1.29 is 28.5 Å². The summed E-state index contributed by atoms with van der Waals surface area (Å²) in [4.78, 5) is 24.1. The van der Waals surface area contributed by atoms with E-state index in [0.29, 0.717) is 41.7 Å². The van der Waals surface area contributed by atoms with Gasteiger partial charge in [0.2, 0.25) is 0 Å². The SMILES string of the molecule is C=C(CNC)C(=O)OCCOc1cc(OCCOC(=O)C(=C)CNC)cc(-c2ccc(C3CCC(CCCCC)CC3)cc2)c1. The number of benzene rings is 2. The molecule has 246 valence electrons. The van der Waals surface area contributed by atoms with Gasteiger partial charge in [-0.25, -0.2) is 9.59 Å². The maximum Gasteiger partial charge on any atom is 0.334 e. The smallest absolute Gasteiger partial charge is 0.334 e. The van der Waals surface area contributed by atoms with E-state index < -0.39 is 11.9 Å². The van der Waals surface area contributed by atoms with Crippen molar-refractivity contribution in [2.45, 2.75) is 64.2 Å². The van der Waals surface area contributed by atoms with Crippen LogP contribution >= 0.6 is 0 Å². The Morgan fingerprint density at radius 1 is 0.733 bits per heavy atom. The zero-order valence-corrected chi connectivity index (χ0v) is 27.5. The van der Waals surface area contributed by atoms with E-state index in [1.807, 2.05) is 12.1 Å². The van der Waals surface area contributed by atoms with Gasteiger partial charge in [0.25, 0.3) is 0 Å². The Labute approximate surface area is 269 Å². The van der Waals surface area contributed by atoms with Crippen molar-refractivity contribution in [3.8, 4) is 22.6 Å². The quantitative estimate of drug-likeness (QED) is 0.0971. The highest BCUT2D eigenvalue weighted by molar-refractivity contribution is 5.88. The molecule has 0 aliphatic heterocycles. The van der Waals surface area contributed by atoms with E-state index in [4.69, 9.17) is 18.9 Å². The number of esters is 2. The van der Waals surface area contributed by atoms with Crippen molar-refractivity contribution in [2.24, 2.45) is 5.92 Å². The Kier molecular flexibility index (Phi) is 15.7. The normalized spacial score (nSPS) is 16.1. The molecule has 1 saturated carbocycles. The topological polar surface area (TPSA) is 95.1 Å². The minimum Gasteiger partial charge on any atom is -0.490 e. The Hall–Kier alpha value is -3.62. The maximum absolute atomic E-state index is 12.0. The Morgan fingerprint density at radius 3 is 1.76 bits per heavy atom. The Balaban J connectivity index is 1.64. The van der Waals surface area contributed by atoms with E-state index in [-0.39, 0.29) is 26.4 Å². The summed E-state index contributed by atoms with van der Waals surface area (Å²) in [5.41, 5.74) is 4.10. The largest absolute Gasteiger partial charge is 0.490 e. The standard InChI is InChI=1S/C37H52N2O6/c1-6-7-8-9-29-10-12-30(13-11-29)31-14-16-32(17-15-31)33-22-34(42-18-20-44-36(40)27(2)25-38-4)24-35(23-33)43-19-21-45-37(41)28(3)26-39-5/h14-17,22-24,29-30,38-39H,2-3,6-13,18-21,25-26H2,1,4-5H3. The fourth-order valence-corrected chi connectivity index (χ4v) is 5.68. The van der Waals surface area contributed by atoms with Crippen LogP contribution in [-0.2, 0) is 19.1 Å². The van der Waals surface area contributed by atoms with Gasteiger partial charge in [0.1, 0.15) is 37.9 Å². The van der Waals surface area contributed by atoms with Crippen LogP contribution < -0.4 is 20.1 Å². The molecule has 0 atom stereocenters. The molecule has 3 rings (SSSR count). The van der Waals surface area contributed by atoms with Crippen LogP contribution in [0.2, 0.25) is 0 Å². The number of rotatable bonds is 20. The molecule has 0 spiro atoms. The minimum absolute atomic E-state index is 0.0873. The highest BCUT2D eigenvalue weighted by Crippen LogP contribution is 2.39. The lowest BCUT2D eigenvalue weighted by Gasteiger charge is -2.29. The number of carbonyl (C=O) groups is 2. The number of ether oxygens (including phenoxy) is 4. The molecule has 2 N–H and O–H groups in total. The van der Waals surface area contributed by atoms with Crippen molar-refractivity contribution in [3.05, 3.63) is 72.3 Å². The zero-order valence-electron chi connectivity index (χ0n) is 27.5. The summed E-state index contributed by atoms with van der Waals surface area (Å²) in [5.74, 6) is 1.76. The van der Waals surface area contributed by atoms with Crippen LogP contribution in [0.1, 0.15) is 69.8 Å². The summed E-state index contributed by atoms with van der Waals surface area (Å²) < 4.78 is 22.5. The number of likely N-dealkylation sites (N-methyl/N-ethyl adjacent to an activating group) is 2. The molecule has 0 bridgehead atoms. The van der Waals surface area contributed by atoms with Gasteiger partial charge in [0.15, 0.2) is 0 Å². The molecule has 1 aliphatic rings. The lowest BCUT2D eigenvalue weighted by Crippen LogP contribution is -2.20. The van der Waals surface area contributed by atoms with Crippen molar-refractivity contribution in [3.63, 3.8) is 0 Å². The van der Waals surface area contributed by atoms with Crippen molar-refractivity contribution >= 4 is 11.9 Å². The van der Waals surface area contributed by atoms with E-state index in [2.05, 4.69) is 55.0 Å². The van der Waals surface area contributed by atoms with Crippen molar-refractivity contribution in [1.29, 1.82) is 0 Å². The van der Waals surface area contributed by atoms with Gasteiger partial charge in [-0.1, -0.05) is 70.0 Å². The van der Waals surface area contributed by atoms with E-state index in [9.17, 15) is 9.59 Å². The third-order valence-corrected chi connectivity index (χ3v) is 8.19. The Bertz CT molecular complexity index is 1180. The van der Waals surface area contributed by atoms with Gasteiger partial charge in [0, 0.05) is 30.3 Å². The summed E-state index contributed by atoms with van der Waals surface area (Å²) in [6.45, 7) is 11.0. The van der Waals surface area contributed by atoms with Crippen LogP contribution in [0.4, 0.5) is 0 Å². The van der Waals surface area contributed by atoms with Crippen LogP contribution in [0.5, 0.6) is 11.5 Å². The van der Waals surface area contributed by atoms with Crippen LogP contribution in [0.3, 0.4) is 0 Å². The average Bonchev–Trinajstić information content (AvgIpc) is 3.05. The van der Waals surface area contributed by atoms with Gasteiger partial charge in [0.05, 0.1) is 0 Å². The van der Waals surface area contributed by atoms with Crippen LogP contribution in [-0.4, -0.2) is 65.6 Å².